The maximum atomic E-state index is 11.7. The molecular formula is C32H28N4O2. The van der Waals surface area contributed by atoms with Crippen LogP contribution in [0.4, 0.5) is 0 Å². The van der Waals surface area contributed by atoms with Crippen LogP contribution in [0.2, 0.25) is 0 Å². The Balaban J connectivity index is 1.38. The average molecular weight is 501 g/mol. The molecule has 0 fully saturated rings. The van der Waals surface area contributed by atoms with Crippen LogP contribution in [0.3, 0.4) is 0 Å². The van der Waals surface area contributed by atoms with Gasteiger partial charge >= 0.3 is 5.97 Å². The number of benzene rings is 3. The fraction of sp³-hybridized carbons (Fsp3) is 0.156. The minimum absolute atomic E-state index is 0.306. The van der Waals surface area contributed by atoms with Crippen LogP contribution >= 0.6 is 0 Å². The van der Waals surface area contributed by atoms with Gasteiger partial charge in [-0.15, -0.1) is 0 Å². The Bertz CT molecular complexity index is 1790. The second-order valence-corrected chi connectivity index (χ2v) is 9.66. The van der Waals surface area contributed by atoms with E-state index in [2.05, 4.69) is 65.4 Å². The predicted molar refractivity (Wildman–Crippen MR) is 151 cm³/mol. The molecule has 0 aliphatic carbocycles. The Kier molecular flexibility index (Phi) is 6.00. The topological polar surface area (TPSA) is 72.4 Å². The number of hydrogen-bond acceptors (Lipinski definition) is 3. The van der Waals surface area contributed by atoms with Crippen molar-refractivity contribution >= 4 is 22.6 Å². The number of aryl methyl sites for hydroxylation is 2. The molecule has 3 aromatic heterocycles. The molecular weight excluding hydrogens is 472 g/mol. The lowest BCUT2D eigenvalue weighted by atomic mass is 9.99. The van der Waals surface area contributed by atoms with E-state index in [1.807, 2.05) is 36.5 Å². The van der Waals surface area contributed by atoms with Crippen molar-refractivity contribution < 1.29 is 9.90 Å². The number of imidazole rings is 2. The number of carboxylic acids is 1. The summed E-state index contributed by atoms with van der Waals surface area (Å²) in [5.74, 6) is 0.140. The Labute approximate surface area is 220 Å². The van der Waals surface area contributed by atoms with Crippen molar-refractivity contribution in [3.63, 3.8) is 0 Å². The number of carboxylic acid groups (broad SMARTS) is 1. The van der Waals surface area contributed by atoms with Gasteiger partial charge in [-0.2, -0.15) is 0 Å². The standard InChI is InChI=1S/C32H28N4O2/c1-3-7-30-33-27-16-15-24(28-20-35-17-6-8-21(2)31(35)34-28)18-29(27)36(30)19-22-11-13-23(14-12-22)25-9-4-5-10-26(25)32(37)38/h4-6,8-18,20H,3,7,19H2,1-2H3,(H,37,38). The highest BCUT2D eigenvalue weighted by molar-refractivity contribution is 5.96. The zero-order valence-corrected chi connectivity index (χ0v) is 21.4. The predicted octanol–water partition coefficient (Wildman–Crippen LogP) is 7.03. The number of rotatable bonds is 7. The van der Waals surface area contributed by atoms with E-state index < -0.39 is 5.97 Å². The summed E-state index contributed by atoms with van der Waals surface area (Å²) in [4.78, 5) is 21.5. The quantitative estimate of drug-likeness (QED) is 0.256. The molecule has 1 N–H and O–H groups in total. The third-order valence-electron chi connectivity index (χ3n) is 7.04. The molecule has 6 aromatic rings. The van der Waals surface area contributed by atoms with Gasteiger partial charge in [0.15, 0.2) is 0 Å². The lowest BCUT2D eigenvalue weighted by Gasteiger charge is -2.11. The molecule has 0 bridgehead atoms. The summed E-state index contributed by atoms with van der Waals surface area (Å²) in [6.45, 7) is 4.93. The van der Waals surface area contributed by atoms with Crippen molar-refractivity contribution in [3.05, 3.63) is 114 Å². The molecule has 3 aromatic carbocycles. The van der Waals surface area contributed by atoms with Crippen molar-refractivity contribution in [2.24, 2.45) is 0 Å². The first kappa shape index (κ1) is 23.7. The first-order chi connectivity index (χ1) is 18.5. The molecule has 6 nitrogen and oxygen atoms in total. The van der Waals surface area contributed by atoms with Crippen LogP contribution in [0.1, 0.15) is 40.7 Å². The maximum absolute atomic E-state index is 11.7. The molecule has 0 saturated carbocycles. The van der Waals surface area contributed by atoms with Gasteiger partial charge in [-0.1, -0.05) is 61.5 Å². The van der Waals surface area contributed by atoms with Crippen LogP contribution in [0, 0.1) is 6.92 Å². The van der Waals surface area contributed by atoms with Crippen molar-refractivity contribution in [3.8, 4) is 22.4 Å². The molecule has 188 valence electrons. The fourth-order valence-electron chi connectivity index (χ4n) is 5.11. The van der Waals surface area contributed by atoms with Gasteiger partial charge in [0.05, 0.1) is 22.3 Å². The van der Waals surface area contributed by atoms with E-state index >= 15 is 0 Å². The van der Waals surface area contributed by atoms with E-state index in [-0.39, 0.29) is 0 Å². The summed E-state index contributed by atoms with van der Waals surface area (Å²) in [6.07, 6.45) is 6.00. The molecule has 0 spiro atoms. The van der Waals surface area contributed by atoms with Crippen molar-refractivity contribution in [2.75, 3.05) is 0 Å². The minimum atomic E-state index is -0.921. The van der Waals surface area contributed by atoms with Gasteiger partial charge in [0.1, 0.15) is 11.5 Å². The second kappa shape index (κ2) is 9.63. The van der Waals surface area contributed by atoms with E-state index in [0.717, 1.165) is 68.9 Å². The Morgan fingerprint density at radius 2 is 1.71 bits per heavy atom. The number of nitrogens with zero attached hydrogens (tertiary/aromatic N) is 4. The molecule has 0 aliphatic rings. The maximum Gasteiger partial charge on any atom is 0.336 e. The van der Waals surface area contributed by atoms with Crippen LogP contribution in [0.15, 0.2) is 91.3 Å². The van der Waals surface area contributed by atoms with Crippen LogP contribution in [0.5, 0.6) is 0 Å². The number of hydrogen-bond donors (Lipinski definition) is 1. The van der Waals surface area contributed by atoms with Gasteiger partial charge in [0.25, 0.3) is 0 Å². The molecule has 6 heteroatoms. The van der Waals surface area contributed by atoms with Gasteiger partial charge in [0, 0.05) is 30.9 Å². The first-order valence-corrected chi connectivity index (χ1v) is 12.9. The Hall–Kier alpha value is -4.71. The zero-order chi connectivity index (χ0) is 26.2. The smallest absolute Gasteiger partial charge is 0.336 e. The van der Waals surface area contributed by atoms with Crippen molar-refractivity contribution in [2.45, 2.75) is 33.2 Å². The largest absolute Gasteiger partial charge is 0.478 e. The van der Waals surface area contributed by atoms with Gasteiger partial charge in [-0.3, -0.25) is 0 Å². The van der Waals surface area contributed by atoms with E-state index in [1.165, 1.54) is 0 Å². The second-order valence-electron chi connectivity index (χ2n) is 9.66. The van der Waals surface area contributed by atoms with E-state index in [4.69, 9.17) is 9.97 Å². The van der Waals surface area contributed by atoms with E-state index in [9.17, 15) is 9.90 Å². The molecule has 0 amide bonds. The number of aromatic carboxylic acids is 1. The van der Waals surface area contributed by atoms with Crippen molar-refractivity contribution in [1.82, 2.24) is 18.9 Å². The van der Waals surface area contributed by atoms with Crippen LogP contribution < -0.4 is 0 Å². The number of aromatic nitrogens is 4. The van der Waals surface area contributed by atoms with Crippen molar-refractivity contribution in [1.29, 1.82) is 0 Å². The van der Waals surface area contributed by atoms with Crippen LogP contribution in [0.25, 0.3) is 39.1 Å². The lowest BCUT2D eigenvalue weighted by molar-refractivity contribution is 0.0697. The van der Waals surface area contributed by atoms with Gasteiger partial charge in [-0.05, 0) is 59.9 Å². The third-order valence-corrected chi connectivity index (χ3v) is 7.04. The summed E-state index contributed by atoms with van der Waals surface area (Å²) in [5, 5.41) is 9.58. The molecule has 0 unspecified atom stereocenters. The highest BCUT2D eigenvalue weighted by Gasteiger charge is 2.15. The normalized spacial score (nSPS) is 11.4. The zero-order valence-electron chi connectivity index (χ0n) is 21.4. The summed E-state index contributed by atoms with van der Waals surface area (Å²) in [6, 6.07) is 25.7. The SMILES string of the molecule is CCCc1nc2ccc(-c3cn4cccc(C)c4n3)cc2n1Cc1ccc(-c2ccccc2C(=O)O)cc1. The summed E-state index contributed by atoms with van der Waals surface area (Å²) < 4.78 is 4.36. The van der Waals surface area contributed by atoms with Crippen LogP contribution in [-0.4, -0.2) is 30.0 Å². The van der Waals surface area contributed by atoms with E-state index in [1.54, 1.807) is 12.1 Å². The molecule has 0 aliphatic heterocycles. The fourth-order valence-corrected chi connectivity index (χ4v) is 5.11. The molecule has 0 atom stereocenters. The Morgan fingerprint density at radius 1 is 0.921 bits per heavy atom. The highest BCUT2D eigenvalue weighted by Crippen LogP contribution is 2.28. The number of carbonyl (C=O) groups is 1. The molecule has 3 heterocycles. The summed E-state index contributed by atoms with van der Waals surface area (Å²) >= 11 is 0. The third kappa shape index (κ3) is 4.24. The summed E-state index contributed by atoms with van der Waals surface area (Å²) in [7, 11) is 0. The molecule has 0 radical (unpaired) electrons. The molecule has 38 heavy (non-hydrogen) atoms. The molecule has 6 rings (SSSR count). The first-order valence-electron chi connectivity index (χ1n) is 12.9. The monoisotopic (exact) mass is 500 g/mol. The number of fused-ring (bicyclic) bond motifs is 2. The van der Waals surface area contributed by atoms with Crippen LogP contribution in [-0.2, 0) is 13.0 Å². The highest BCUT2D eigenvalue weighted by atomic mass is 16.4. The molecule has 0 saturated heterocycles. The summed E-state index contributed by atoms with van der Waals surface area (Å²) in [5.41, 5.74) is 9.21. The average Bonchev–Trinajstić information content (AvgIpc) is 3.52. The Morgan fingerprint density at radius 3 is 2.47 bits per heavy atom. The lowest BCUT2D eigenvalue weighted by Crippen LogP contribution is -2.05. The minimum Gasteiger partial charge on any atom is -0.478 e. The van der Waals surface area contributed by atoms with Gasteiger partial charge < -0.3 is 14.1 Å². The number of pyridine rings is 1. The van der Waals surface area contributed by atoms with Gasteiger partial charge in [-0.25, -0.2) is 14.8 Å². The van der Waals surface area contributed by atoms with E-state index in [0.29, 0.717) is 12.1 Å². The van der Waals surface area contributed by atoms with Gasteiger partial charge in [0.2, 0.25) is 0 Å².